The minimum absolute atomic E-state index is 0.00755. The zero-order valence-corrected chi connectivity index (χ0v) is 23.6. The van der Waals surface area contributed by atoms with Crippen molar-refractivity contribution >= 4 is 0 Å². The van der Waals surface area contributed by atoms with E-state index in [1.54, 1.807) is 0 Å². The Hall–Kier alpha value is -0.300. The van der Waals surface area contributed by atoms with E-state index in [1.165, 1.54) is 44.9 Å². The van der Waals surface area contributed by atoms with E-state index < -0.39 is 0 Å². The lowest BCUT2D eigenvalue weighted by Crippen LogP contribution is -2.65. The van der Waals surface area contributed by atoms with Gasteiger partial charge in [-0.3, -0.25) is 0 Å². The average molecular weight is 455 g/mol. The molecule has 0 aliphatic heterocycles. The van der Waals surface area contributed by atoms with E-state index >= 15 is 0 Å². The van der Waals surface area contributed by atoms with E-state index in [0.717, 1.165) is 24.2 Å². The van der Waals surface area contributed by atoms with Gasteiger partial charge in [0.2, 0.25) is 0 Å². The van der Waals surface area contributed by atoms with Crippen molar-refractivity contribution in [1.82, 2.24) is 0 Å². The molecule has 0 bridgehead atoms. The quantitative estimate of drug-likeness (QED) is 0.363. The molecule has 4 fully saturated rings. The molecule has 5 aliphatic rings. The molecule has 188 valence electrons. The van der Waals surface area contributed by atoms with Crippen molar-refractivity contribution in [3.05, 3.63) is 11.6 Å². The lowest BCUT2D eigenvalue weighted by Gasteiger charge is -2.72. The van der Waals surface area contributed by atoms with Crippen molar-refractivity contribution in [2.45, 2.75) is 127 Å². The molecule has 5 rings (SSSR count). The second-order valence-corrected chi connectivity index (χ2v) is 16.0. The van der Waals surface area contributed by atoms with Gasteiger partial charge in [-0.1, -0.05) is 80.9 Å². The van der Waals surface area contributed by atoms with E-state index in [9.17, 15) is 5.11 Å². The molecule has 4 saturated carbocycles. The molecule has 10 unspecified atom stereocenters. The van der Waals surface area contributed by atoms with Gasteiger partial charge in [0, 0.05) is 0 Å². The molecule has 0 spiro atoms. The maximum atomic E-state index is 11.2. The third-order valence-electron chi connectivity index (χ3n) is 14.4. The number of fused-ring (bicyclic) bond motifs is 7. The van der Waals surface area contributed by atoms with Crippen molar-refractivity contribution in [3.63, 3.8) is 0 Å². The van der Waals surface area contributed by atoms with Gasteiger partial charge in [-0.05, 0) is 113 Å². The Morgan fingerprint density at radius 2 is 1.45 bits per heavy atom. The number of rotatable bonds is 0. The van der Waals surface area contributed by atoms with E-state index in [2.05, 4.69) is 75.3 Å². The number of hydrogen-bond acceptors (Lipinski definition) is 1. The first-order chi connectivity index (χ1) is 15.1. The average Bonchev–Trinajstić information content (AvgIpc) is 2.72. The molecule has 0 saturated heterocycles. The highest BCUT2D eigenvalue weighted by Gasteiger charge is 2.68. The van der Waals surface area contributed by atoms with Crippen LogP contribution in [-0.4, -0.2) is 11.2 Å². The van der Waals surface area contributed by atoms with E-state index in [0.29, 0.717) is 33.5 Å². The van der Waals surface area contributed by atoms with Gasteiger partial charge in [0.25, 0.3) is 0 Å². The van der Waals surface area contributed by atoms with Crippen LogP contribution >= 0.6 is 0 Å². The number of allylic oxidation sites excluding steroid dienone is 2. The molecule has 33 heavy (non-hydrogen) atoms. The zero-order valence-electron chi connectivity index (χ0n) is 23.6. The van der Waals surface area contributed by atoms with E-state index in [1.807, 2.05) is 5.57 Å². The molecule has 1 nitrogen and oxygen atoms in total. The van der Waals surface area contributed by atoms with E-state index in [4.69, 9.17) is 0 Å². The van der Waals surface area contributed by atoms with E-state index in [-0.39, 0.29) is 16.9 Å². The van der Waals surface area contributed by atoms with Crippen molar-refractivity contribution in [2.24, 2.45) is 62.1 Å². The summed E-state index contributed by atoms with van der Waals surface area (Å²) in [5.41, 5.74) is 3.73. The molecule has 0 heterocycles. The van der Waals surface area contributed by atoms with Gasteiger partial charge >= 0.3 is 0 Å². The SMILES string of the molecule is CC1CCC2(C)C(CCC3(C)C2CC=C2C4CC(C)(C)C(O)C(C)C4(C)CCC23C)C1(C)C. The maximum absolute atomic E-state index is 11.2. The minimum Gasteiger partial charge on any atom is -0.392 e. The highest BCUT2D eigenvalue weighted by Crippen LogP contribution is 2.76. The van der Waals surface area contributed by atoms with Crippen LogP contribution in [0.25, 0.3) is 0 Å². The van der Waals surface area contributed by atoms with Gasteiger partial charge in [-0.15, -0.1) is 0 Å². The highest BCUT2D eigenvalue weighted by molar-refractivity contribution is 5.34. The topological polar surface area (TPSA) is 20.2 Å². The Bertz CT molecular complexity index is 851. The first kappa shape index (κ1) is 24.4. The first-order valence-corrected chi connectivity index (χ1v) is 14.4. The second kappa shape index (κ2) is 6.92. The lowest BCUT2D eigenvalue weighted by molar-refractivity contribution is -0.199. The summed E-state index contributed by atoms with van der Waals surface area (Å²) in [4.78, 5) is 0. The predicted octanol–water partition coefficient (Wildman–Crippen LogP) is 8.66. The largest absolute Gasteiger partial charge is 0.392 e. The van der Waals surface area contributed by atoms with Crippen LogP contribution in [0.4, 0.5) is 0 Å². The number of aliphatic hydroxyl groups is 1. The van der Waals surface area contributed by atoms with Crippen molar-refractivity contribution < 1.29 is 5.11 Å². The van der Waals surface area contributed by atoms with Gasteiger partial charge in [-0.25, -0.2) is 0 Å². The number of hydrogen-bond donors (Lipinski definition) is 1. The summed E-state index contributed by atoms with van der Waals surface area (Å²) >= 11 is 0. The van der Waals surface area contributed by atoms with Crippen LogP contribution < -0.4 is 0 Å². The Morgan fingerprint density at radius 1 is 0.788 bits per heavy atom. The highest BCUT2D eigenvalue weighted by atomic mass is 16.3. The van der Waals surface area contributed by atoms with Crippen LogP contribution in [0, 0.1) is 62.1 Å². The molecule has 10 atom stereocenters. The summed E-state index contributed by atoms with van der Waals surface area (Å²) in [5, 5.41) is 11.2. The molecular formula is C32H54O. The van der Waals surface area contributed by atoms with Crippen LogP contribution in [0.15, 0.2) is 11.6 Å². The molecule has 0 aromatic carbocycles. The molecule has 0 aromatic rings. The van der Waals surface area contributed by atoms with Gasteiger partial charge < -0.3 is 5.11 Å². The molecule has 1 heteroatoms. The molecule has 1 N–H and O–H groups in total. The standard InChI is InChI=1S/C32H54O/c1-20-13-15-30(8)24(28(20,5)6)14-16-32(10)25(30)12-11-22-23-19-27(3,4)26(33)21(2)29(23,7)17-18-31(22,32)9/h11,20-21,23-26,33H,12-19H2,1-10H3. The van der Waals surface area contributed by atoms with Crippen LogP contribution in [0.3, 0.4) is 0 Å². The zero-order chi connectivity index (χ0) is 24.4. The predicted molar refractivity (Wildman–Crippen MR) is 140 cm³/mol. The maximum Gasteiger partial charge on any atom is 0.0622 e. The molecule has 0 amide bonds. The van der Waals surface area contributed by atoms with Gasteiger partial charge in [0.1, 0.15) is 0 Å². The third-order valence-corrected chi connectivity index (χ3v) is 14.4. The summed E-state index contributed by atoms with van der Waals surface area (Å²) in [6.07, 6.45) is 13.3. The number of aliphatic hydroxyl groups excluding tert-OH is 1. The lowest BCUT2D eigenvalue weighted by atomic mass is 9.33. The summed E-state index contributed by atoms with van der Waals surface area (Å²) in [6, 6.07) is 0. The van der Waals surface area contributed by atoms with Gasteiger partial charge in [-0.2, -0.15) is 0 Å². The molecule has 0 aromatic heterocycles. The Kier molecular flexibility index (Phi) is 5.12. The van der Waals surface area contributed by atoms with Crippen molar-refractivity contribution in [3.8, 4) is 0 Å². The van der Waals surface area contributed by atoms with Crippen molar-refractivity contribution in [1.29, 1.82) is 0 Å². The van der Waals surface area contributed by atoms with Crippen LogP contribution in [-0.2, 0) is 0 Å². The van der Waals surface area contributed by atoms with Gasteiger partial charge in [0.15, 0.2) is 0 Å². The minimum atomic E-state index is -0.184. The molecule has 0 radical (unpaired) electrons. The fourth-order valence-corrected chi connectivity index (χ4v) is 11.3. The van der Waals surface area contributed by atoms with Crippen LogP contribution in [0.2, 0.25) is 0 Å². The van der Waals surface area contributed by atoms with Crippen molar-refractivity contribution in [2.75, 3.05) is 0 Å². The first-order valence-electron chi connectivity index (χ1n) is 14.4. The van der Waals surface area contributed by atoms with Crippen LogP contribution in [0.5, 0.6) is 0 Å². The summed E-state index contributed by atoms with van der Waals surface area (Å²) < 4.78 is 0. The Balaban J connectivity index is 1.58. The van der Waals surface area contributed by atoms with Crippen LogP contribution in [0.1, 0.15) is 121 Å². The summed E-state index contributed by atoms with van der Waals surface area (Å²) in [7, 11) is 0. The summed E-state index contributed by atoms with van der Waals surface area (Å²) in [5.74, 6) is 3.53. The molecular weight excluding hydrogens is 400 g/mol. The third kappa shape index (κ3) is 2.81. The Morgan fingerprint density at radius 3 is 2.12 bits per heavy atom. The monoisotopic (exact) mass is 454 g/mol. The smallest absolute Gasteiger partial charge is 0.0622 e. The van der Waals surface area contributed by atoms with Gasteiger partial charge in [0.05, 0.1) is 6.10 Å². The fraction of sp³-hybridized carbons (Fsp3) is 0.938. The fourth-order valence-electron chi connectivity index (χ4n) is 11.3. The second-order valence-electron chi connectivity index (χ2n) is 16.0. The Labute approximate surface area is 205 Å². The normalized spacial score (nSPS) is 57.1. The molecule has 5 aliphatic carbocycles. The summed E-state index contributed by atoms with van der Waals surface area (Å²) in [6.45, 7) is 25.4.